The highest BCUT2D eigenvalue weighted by molar-refractivity contribution is 8.13. The van der Waals surface area contributed by atoms with Gasteiger partial charge in [0.1, 0.15) is 0 Å². The zero-order valence-electron chi connectivity index (χ0n) is 15.2. The molecule has 0 fully saturated rings. The van der Waals surface area contributed by atoms with E-state index >= 15 is 0 Å². The third-order valence-electron chi connectivity index (χ3n) is 3.25. The zero-order chi connectivity index (χ0) is 25.1. The smallest absolute Gasteiger partial charge is 0.357 e. The fourth-order valence-electron chi connectivity index (χ4n) is 1.86. The molecule has 17 heteroatoms. The first-order valence-corrected chi connectivity index (χ1v) is 11.5. The lowest BCUT2D eigenvalue weighted by atomic mass is 10.3. The topological polar surface area (TPSA) is 103 Å². The van der Waals surface area contributed by atoms with Crippen LogP contribution in [0.3, 0.4) is 0 Å². The third-order valence-corrected chi connectivity index (χ3v) is 5.57. The van der Waals surface area contributed by atoms with Gasteiger partial charge in [-0.1, -0.05) is 12.1 Å². The molecule has 0 bridgehead atoms. The minimum Gasteiger partial charge on any atom is -0.371 e. The molecule has 0 saturated heterocycles. The maximum Gasteiger partial charge on any atom is 0.357 e. The van der Waals surface area contributed by atoms with Crippen molar-refractivity contribution >= 4 is 29.9 Å². The summed E-state index contributed by atoms with van der Waals surface area (Å²) in [5.41, 5.74) is 0. The highest BCUT2D eigenvalue weighted by Crippen LogP contribution is 2.31. The fourth-order valence-corrected chi connectivity index (χ4v) is 3.46. The monoisotopic (exact) mass is 538 g/mol. The summed E-state index contributed by atoms with van der Waals surface area (Å²) in [7, 11) is -4.14. The summed E-state index contributed by atoms with van der Waals surface area (Å²) in [5, 5.41) is -1.59. The van der Waals surface area contributed by atoms with Crippen molar-refractivity contribution in [3.63, 3.8) is 0 Å². The molecule has 2 aromatic heterocycles. The van der Waals surface area contributed by atoms with Crippen molar-refractivity contribution in [2.24, 2.45) is 0 Å². The predicted octanol–water partition coefficient (Wildman–Crippen LogP) is 3.83. The van der Waals surface area contributed by atoms with Crippen LogP contribution in [0, 0.1) is 41.0 Å². The van der Waals surface area contributed by atoms with E-state index < -0.39 is 76.0 Å². The Morgan fingerprint density at radius 2 is 1.03 bits per heavy atom. The Balaban J connectivity index is 0.000000294. The van der Waals surface area contributed by atoms with Crippen molar-refractivity contribution in [3.8, 4) is 5.75 Å². The van der Waals surface area contributed by atoms with Gasteiger partial charge in [-0.3, -0.25) is 0 Å². The SMILES string of the molecule is O=S(=O)(Cl)c1cccc(F)n1.O=S(=O)(Oc1c(F)c(F)c(F)c(F)c1F)c1cccc(F)n1. The number of nitrogens with zero attached hydrogens (tertiary/aromatic N) is 2. The quantitative estimate of drug-likeness (QED) is 0.124. The Bertz CT molecular complexity index is 1390. The van der Waals surface area contributed by atoms with Gasteiger partial charge in [0.25, 0.3) is 9.05 Å². The van der Waals surface area contributed by atoms with Gasteiger partial charge in [-0.15, -0.1) is 0 Å². The number of halogens is 8. The first kappa shape index (κ1) is 26.3. The summed E-state index contributed by atoms with van der Waals surface area (Å²) in [4.78, 5) is 5.93. The molecule has 0 atom stereocenters. The number of aromatic nitrogens is 2. The fraction of sp³-hybridized carbons (Fsp3) is 0. The molecule has 0 aliphatic carbocycles. The minimum atomic E-state index is -5.11. The van der Waals surface area contributed by atoms with Gasteiger partial charge in [-0.25, -0.2) is 31.6 Å². The predicted molar refractivity (Wildman–Crippen MR) is 95.5 cm³/mol. The zero-order valence-corrected chi connectivity index (χ0v) is 17.6. The number of benzene rings is 1. The highest BCUT2D eigenvalue weighted by atomic mass is 35.7. The van der Waals surface area contributed by atoms with E-state index in [4.69, 9.17) is 10.7 Å². The minimum absolute atomic E-state index is 0.473. The van der Waals surface area contributed by atoms with Gasteiger partial charge in [0.05, 0.1) is 0 Å². The van der Waals surface area contributed by atoms with Gasteiger partial charge < -0.3 is 4.18 Å². The molecule has 0 amide bonds. The Morgan fingerprint density at radius 1 is 0.636 bits per heavy atom. The summed E-state index contributed by atoms with van der Waals surface area (Å²) < 4.78 is 139. The maximum absolute atomic E-state index is 13.3. The van der Waals surface area contributed by atoms with Crippen LogP contribution in [0.5, 0.6) is 5.75 Å². The number of rotatable bonds is 4. The molecular formula is C16H6ClF7N2O5S2. The maximum atomic E-state index is 13.3. The lowest BCUT2D eigenvalue weighted by Crippen LogP contribution is -2.16. The van der Waals surface area contributed by atoms with E-state index in [1.54, 1.807) is 0 Å². The van der Waals surface area contributed by atoms with E-state index in [0.29, 0.717) is 6.07 Å². The van der Waals surface area contributed by atoms with Gasteiger partial charge in [0.2, 0.25) is 46.7 Å². The van der Waals surface area contributed by atoms with Crippen molar-refractivity contribution in [3.05, 3.63) is 77.4 Å². The van der Waals surface area contributed by atoms with Crippen LogP contribution >= 0.6 is 10.7 Å². The second-order valence-electron chi connectivity index (χ2n) is 5.47. The summed E-state index contributed by atoms with van der Waals surface area (Å²) in [6, 6.07) is 5.72. The van der Waals surface area contributed by atoms with Crippen molar-refractivity contribution in [1.82, 2.24) is 9.97 Å². The van der Waals surface area contributed by atoms with Gasteiger partial charge >= 0.3 is 10.1 Å². The molecule has 7 nitrogen and oxygen atoms in total. The molecule has 0 radical (unpaired) electrons. The van der Waals surface area contributed by atoms with Gasteiger partial charge in [-0.05, 0) is 24.3 Å². The van der Waals surface area contributed by atoms with E-state index in [1.165, 1.54) is 6.07 Å². The first-order chi connectivity index (χ1) is 15.1. The average Bonchev–Trinajstić information content (AvgIpc) is 2.74. The molecule has 0 saturated carbocycles. The van der Waals surface area contributed by atoms with Crippen molar-refractivity contribution in [2.45, 2.75) is 10.1 Å². The van der Waals surface area contributed by atoms with Crippen molar-refractivity contribution in [1.29, 1.82) is 0 Å². The lowest BCUT2D eigenvalue weighted by Gasteiger charge is -2.09. The van der Waals surface area contributed by atoms with Crippen molar-refractivity contribution < 1.29 is 51.8 Å². The molecule has 0 N–H and O–H groups in total. The summed E-state index contributed by atoms with van der Waals surface area (Å²) >= 11 is 0. The van der Waals surface area contributed by atoms with Gasteiger partial charge in [0, 0.05) is 10.7 Å². The second-order valence-corrected chi connectivity index (χ2v) is 9.48. The molecule has 0 spiro atoms. The molecule has 0 unspecified atom stereocenters. The summed E-state index contributed by atoms with van der Waals surface area (Å²) in [6.07, 6.45) is 0. The molecule has 3 rings (SSSR count). The largest absolute Gasteiger partial charge is 0.371 e. The molecular weight excluding hydrogens is 533 g/mol. The van der Waals surface area contributed by atoms with Crippen LogP contribution in [0.15, 0.2) is 46.5 Å². The molecule has 33 heavy (non-hydrogen) atoms. The van der Waals surface area contributed by atoms with E-state index in [2.05, 4.69) is 14.2 Å². The molecule has 178 valence electrons. The Hall–Kier alpha value is -2.98. The highest BCUT2D eigenvalue weighted by Gasteiger charge is 2.31. The van der Waals surface area contributed by atoms with Crippen LogP contribution in [0.25, 0.3) is 0 Å². The molecule has 2 heterocycles. The number of hydrogen-bond acceptors (Lipinski definition) is 7. The normalized spacial score (nSPS) is 11.5. The molecule has 3 aromatic rings. The first-order valence-electron chi connectivity index (χ1n) is 7.81. The Labute approximate surface area is 185 Å². The summed E-state index contributed by atoms with van der Waals surface area (Å²) in [5.74, 6) is -16.4. The van der Waals surface area contributed by atoms with E-state index in [9.17, 15) is 47.6 Å². The Morgan fingerprint density at radius 3 is 1.42 bits per heavy atom. The lowest BCUT2D eigenvalue weighted by molar-refractivity contribution is 0.346. The van der Waals surface area contributed by atoms with Gasteiger partial charge in [-0.2, -0.15) is 26.0 Å². The summed E-state index contributed by atoms with van der Waals surface area (Å²) in [6.45, 7) is 0. The standard InChI is InChI=1S/C11H3F6NO3S.C5H3ClFNO2S/c12-4-2-1-3-5(18-4)22(19,20)21-11-9(16)7(14)6(13)8(15)10(11)17;6-11(9,10)5-3-1-2-4(7)8-5/h1-3H;1-3H. The second kappa shape index (κ2) is 9.88. The van der Waals surface area contributed by atoms with Crippen molar-refractivity contribution in [2.75, 3.05) is 0 Å². The Kier molecular flexibility index (Phi) is 7.87. The van der Waals surface area contributed by atoms with E-state index in [1.807, 2.05) is 0 Å². The molecule has 0 aliphatic rings. The van der Waals surface area contributed by atoms with Crippen LogP contribution in [0.1, 0.15) is 0 Å². The number of pyridine rings is 2. The van der Waals surface area contributed by atoms with E-state index in [0.717, 1.165) is 24.3 Å². The molecule has 0 aliphatic heterocycles. The van der Waals surface area contributed by atoms with Crippen LogP contribution in [0.4, 0.5) is 30.7 Å². The van der Waals surface area contributed by atoms with Crippen LogP contribution in [0.2, 0.25) is 0 Å². The molecule has 1 aromatic carbocycles. The van der Waals surface area contributed by atoms with Crippen LogP contribution < -0.4 is 4.18 Å². The van der Waals surface area contributed by atoms with Crippen LogP contribution in [-0.2, 0) is 19.2 Å². The van der Waals surface area contributed by atoms with Gasteiger partial charge in [0.15, 0.2) is 10.1 Å². The number of hydrogen-bond donors (Lipinski definition) is 0. The van der Waals surface area contributed by atoms with Crippen LogP contribution in [-0.4, -0.2) is 26.8 Å². The average molecular weight is 539 g/mol. The third kappa shape index (κ3) is 6.29. The van der Waals surface area contributed by atoms with E-state index in [-0.39, 0.29) is 0 Å².